The summed E-state index contributed by atoms with van der Waals surface area (Å²) < 4.78 is 17.6. The molecule has 3 rings (SSSR count). The van der Waals surface area contributed by atoms with Crippen LogP contribution in [0.15, 0.2) is 59.2 Å². The second kappa shape index (κ2) is 9.73. The molecule has 0 saturated carbocycles. The molecule has 0 unspecified atom stereocenters. The maximum atomic E-state index is 12.3. The molecule has 0 radical (unpaired) electrons. The number of ether oxygens (including phenoxy) is 3. The Balaban J connectivity index is 1.91. The monoisotopic (exact) mass is 534 g/mol. The van der Waals surface area contributed by atoms with Gasteiger partial charge in [-0.25, -0.2) is 9.79 Å². The molecule has 160 valence electrons. The zero-order chi connectivity index (χ0) is 22.5. The van der Waals surface area contributed by atoms with Gasteiger partial charge >= 0.3 is 5.97 Å². The molecule has 0 fully saturated rings. The molecular weight excluding hydrogens is 515 g/mol. The average Bonchev–Trinajstić information content (AvgIpc) is 3.07. The summed E-state index contributed by atoms with van der Waals surface area (Å²) >= 11 is 2.14. The van der Waals surface area contributed by atoms with E-state index in [1.165, 1.54) is 24.3 Å². The molecule has 31 heavy (non-hydrogen) atoms. The second-order valence-electron chi connectivity index (χ2n) is 6.65. The molecule has 1 aliphatic rings. The molecule has 9 heteroatoms. The van der Waals surface area contributed by atoms with E-state index in [9.17, 15) is 14.9 Å². The van der Waals surface area contributed by atoms with E-state index in [1.54, 1.807) is 12.1 Å². The maximum absolute atomic E-state index is 12.3. The van der Waals surface area contributed by atoms with Gasteiger partial charge in [0.1, 0.15) is 6.61 Å². The number of carbonyl (C=O) groups excluding carboxylic acids is 1. The van der Waals surface area contributed by atoms with Crippen molar-refractivity contribution in [3.63, 3.8) is 0 Å². The molecule has 2 aromatic carbocycles. The molecule has 1 heterocycles. The van der Waals surface area contributed by atoms with E-state index >= 15 is 0 Å². The Kier molecular flexibility index (Phi) is 7.06. The Hall–Kier alpha value is -3.21. The third-order valence-corrected chi connectivity index (χ3v) is 4.84. The van der Waals surface area contributed by atoms with Crippen LogP contribution < -0.4 is 9.47 Å². The van der Waals surface area contributed by atoms with Crippen LogP contribution in [0.4, 0.5) is 5.69 Å². The highest BCUT2D eigenvalue weighted by Crippen LogP contribution is 2.35. The first-order valence-electron chi connectivity index (χ1n) is 9.29. The number of carbonyl (C=O) groups is 1. The molecule has 1 aliphatic heterocycles. The highest BCUT2D eigenvalue weighted by atomic mass is 127. The first-order chi connectivity index (χ1) is 14.8. The number of halogens is 1. The predicted octanol–water partition coefficient (Wildman–Crippen LogP) is 4.90. The number of non-ortho nitro benzene ring substituents is 1. The summed E-state index contributed by atoms with van der Waals surface area (Å²) in [5.74, 6) is 0.640. The highest BCUT2D eigenvalue weighted by molar-refractivity contribution is 14.1. The van der Waals surface area contributed by atoms with Gasteiger partial charge in [0.05, 0.1) is 15.1 Å². The van der Waals surface area contributed by atoms with Crippen molar-refractivity contribution in [2.45, 2.75) is 13.8 Å². The van der Waals surface area contributed by atoms with E-state index < -0.39 is 10.9 Å². The van der Waals surface area contributed by atoms with Gasteiger partial charge in [0.25, 0.3) is 5.69 Å². The minimum absolute atomic E-state index is 0.0589. The molecule has 0 aliphatic carbocycles. The van der Waals surface area contributed by atoms with Crippen molar-refractivity contribution in [3.05, 3.63) is 79.1 Å². The molecule has 0 spiro atoms. The van der Waals surface area contributed by atoms with E-state index in [4.69, 9.17) is 14.2 Å². The number of benzene rings is 2. The first-order valence-corrected chi connectivity index (χ1v) is 10.4. The predicted molar refractivity (Wildman–Crippen MR) is 124 cm³/mol. The van der Waals surface area contributed by atoms with Crippen LogP contribution in [0.5, 0.6) is 11.5 Å². The van der Waals surface area contributed by atoms with Gasteiger partial charge in [0.15, 0.2) is 17.2 Å². The van der Waals surface area contributed by atoms with Gasteiger partial charge in [-0.15, -0.1) is 0 Å². The summed E-state index contributed by atoms with van der Waals surface area (Å²) in [6.07, 6.45) is 1.59. The minimum atomic E-state index is -0.607. The van der Waals surface area contributed by atoms with Gasteiger partial charge in [0, 0.05) is 17.7 Å². The largest absolute Gasteiger partial charge is 0.490 e. The number of hydrogen-bond donors (Lipinski definition) is 0. The van der Waals surface area contributed by atoms with Crippen molar-refractivity contribution in [1.29, 1.82) is 0 Å². The fourth-order valence-corrected chi connectivity index (χ4v) is 3.47. The van der Waals surface area contributed by atoms with Gasteiger partial charge in [-0.3, -0.25) is 10.1 Å². The van der Waals surface area contributed by atoms with Crippen LogP contribution in [0.25, 0.3) is 6.08 Å². The molecule has 0 atom stereocenters. The molecule has 0 aromatic heterocycles. The summed E-state index contributed by atoms with van der Waals surface area (Å²) in [6, 6.07) is 9.23. The standard InChI is InChI=1S/C22H19IN2O6/c1-4-29-19-11-14(9-17(23)20(19)30-12-13(2)3)10-18-22(26)31-21(24-18)15-5-7-16(8-6-15)25(27)28/h5-11H,2,4,12H2,1,3H3/b18-10-. The van der Waals surface area contributed by atoms with Crippen molar-refractivity contribution in [2.24, 2.45) is 4.99 Å². The average molecular weight is 534 g/mol. The zero-order valence-corrected chi connectivity index (χ0v) is 19.0. The SMILES string of the molecule is C=C(C)COc1c(I)cc(/C=C2\N=C(c3ccc([N+](=O)[O-])cc3)OC2=O)cc1OCC. The van der Waals surface area contributed by atoms with Crippen molar-refractivity contribution < 1.29 is 23.9 Å². The van der Waals surface area contributed by atoms with Gasteiger partial charge < -0.3 is 14.2 Å². The normalized spacial score (nSPS) is 14.2. The Morgan fingerprint density at radius 1 is 1.29 bits per heavy atom. The lowest BCUT2D eigenvalue weighted by atomic mass is 10.1. The van der Waals surface area contributed by atoms with Crippen LogP contribution in [0.3, 0.4) is 0 Å². The maximum Gasteiger partial charge on any atom is 0.363 e. The number of nitro groups is 1. The molecule has 8 nitrogen and oxygen atoms in total. The third kappa shape index (κ3) is 5.48. The summed E-state index contributed by atoms with van der Waals surface area (Å²) in [6.45, 7) is 8.40. The van der Waals surface area contributed by atoms with Crippen molar-refractivity contribution >= 4 is 46.2 Å². The second-order valence-corrected chi connectivity index (χ2v) is 7.81. The highest BCUT2D eigenvalue weighted by Gasteiger charge is 2.25. The Labute approximate surface area is 192 Å². The van der Waals surface area contributed by atoms with E-state index in [0.717, 1.165) is 9.14 Å². The van der Waals surface area contributed by atoms with Crippen molar-refractivity contribution in [2.75, 3.05) is 13.2 Å². The fraction of sp³-hybridized carbons (Fsp3) is 0.182. The number of nitrogens with zero attached hydrogens (tertiary/aromatic N) is 2. The molecule has 2 aromatic rings. The molecule has 0 saturated heterocycles. The summed E-state index contributed by atoms with van der Waals surface area (Å²) in [5, 5.41) is 10.8. The lowest BCUT2D eigenvalue weighted by Gasteiger charge is -2.14. The molecule has 0 bridgehead atoms. The van der Waals surface area contributed by atoms with Crippen LogP contribution in [-0.4, -0.2) is 30.0 Å². The number of cyclic esters (lactones) is 1. The van der Waals surface area contributed by atoms with Gasteiger partial charge in [-0.2, -0.15) is 0 Å². The number of hydrogen-bond acceptors (Lipinski definition) is 7. The lowest BCUT2D eigenvalue weighted by molar-refractivity contribution is -0.384. The van der Waals surface area contributed by atoms with E-state index in [-0.39, 0.29) is 17.3 Å². The van der Waals surface area contributed by atoms with Gasteiger partial charge in [-0.1, -0.05) is 6.58 Å². The molecule has 0 N–H and O–H groups in total. The molecular formula is C22H19IN2O6. The van der Waals surface area contributed by atoms with Crippen LogP contribution in [0.2, 0.25) is 0 Å². The Morgan fingerprint density at radius 2 is 2.00 bits per heavy atom. The number of aliphatic imine (C=N–C) groups is 1. The van der Waals surface area contributed by atoms with Crippen molar-refractivity contribution in [1.82, 2.24) is 0 Å². The van der Waals surface area contributed by atoms with Gasteiger partial charge in [0.2, 0.25) is 5.90 Å². The lowest BCUT2D eigenvalue weighted by Crippen LogP contribution is -2.05. The minimum Gasteiger partial charge on any atom is -0.490 e. The summed E-state index contributed by atoms with van der Waals surface area (Å²) in [7, 11) is 0. The quantitative estimate of drug-likeness (QED) is 0.119. The first kappa shape index (κ1) is 22.5. The Bertz CT molecular complexity index is 1110. The van der Waals surface area contributed by atoms with E-state index in [0.29, 0.717) is 35.8 Å². The van der Waals surface area contributed by atoms with E-state index in [1.807, 2.05) is 19.9 Å². The number of nitro benzene ring substituents is 1. The van der Waals surface area contributed by atoms with Crippen LogP contribution in [0, 0.1) is 13.7 Å². The summed E-state index contributed by atoms with van der Waals surface area (Å²) in [4.78, 5) is 26.8. The summed E-state index contributed by atoms with van der Waals surface area (Å²) in [5.41, 5.74) is 2.09. The van der Waals surface area contributed by atoms with Crippen LogP contribution in [0.1, 0.15) is 25.0 Å². The molecule has 0 amide bonds. The van der Waals surface area contributed by atoms with Crippen LogP contribution >= 0.6 is 22.6 Å². The fourth-order valence-electron chi connectivity index (χ4n) is 2.69. The van der Waals surface area contributed by atoms with Gasteiger partial charge in [-0.05, 0) is 77.9 Å². The Morgan fingerprint density at radius 3 is 2.61 bits per heavy atom. The smallest absolute Gasteiger partial charge is 0.363 e. The van der Waals surface area contributed by atoms with Crippen LogP contribution in [-0.2, 0) is 9.53 Å². The topological polar surface area (TPSA) is 100 Å². The zero-order valence-electron chi connectivity index (χ0n) is 16.9. The third-order valence-electron chi connectivity index (χ3n) is 4.04. The van der Waals surface area contributed by atoms with Crippen molar-refractivity contribution in [3.8, 4) is 11.5 Å². The van der Waals surface area contributed by atoms with E-state index in [2.05, 4.69) is 34.2 Å². The number of rotatable bonds is 8. The number of esters is 1.